The average Bonchev–Trinajstić information content (AvgIpc) is 2.76. The predicted molar refractivity (Wildman–Crippen MR) is 91.1 cm³/mol. The molecule has 1 aromatic rings. The second-order valence-corrected chi connectivity index (χ2v) is 8.96. The molecule has 0 saturated carbocycles. The highest BCUT2D eigenvalue weighted by Crippen LogP contribution is 2.31. The molecule has 0 radical (unpaired) electrons. The van der Waals surface area contributed by atoms with Gasteiger partial charge in [0.05, 0.1) is 0 Å². The number of rotatable bonds is 5. The lowest BCUT2D eigenvalue weighted by atomic mass is 9.95. The third-order valence-corrected chi connectivity index (χ3v) is 7.61. The molecule has 1 aliphatic rings. The molecule has 0 unspecified atom stereocenters. The van der Waals surface area contributed by atoms with Gasteiger partial charge in [-0.1, -0.05) is 0 Å². The third-order valence-electron chi connectivity index (χ3n) is 3.95. The SMILES string of the molecule is CNCCC1CCN(S(=O)(=O)c2sc(C)cc2C)CC1.Cl. The molecule has 1 saturated heterocycles. The van der Waals surface area contributed by atoms with Crippen molar-refractivity contribution < 1.29 is 8.42 Å². The summed E-state index contributed by atoms with van der Waals surface area (Å²) >= 11 is 1.39. The Kier molecular flexibility index (Phi) is 7.13. The molecular weight excluding hydrogens is 328 g/mol. The van der Waals surface area contributed by atoms with Crippen LogP contribution in [0.4, 0.5) is 0 Å². The largest absolute Gasteiger partial charge is 0.320 e. The highest BCUT2D eigenvalue weighted by atomic mass is 35.5. The van der Waals surface area contributed by atoms with Crippen molar-refractivity contribution in [3.05, 3.63) is 16.5 Å². The molecule has 122 valence electrons. The lowest BCUT2D eigenvalue weighted by molar-refractivity contribution is 0.263. The molecule has 0 atom stereocenters. The van der Waals surface area contributed by atoms with Gasteiger partial charge < -0.3 is 5.32 Å². The highest BCUT2D eigenvalue weighted by molar-refractivity contribution is 7.91. The van der Waals surface area contributed by atoms with Crippen molar-refractivity contribution >= 4 is 33.8 Å². The summed E-state index contributed by atoms with van der Waals surface area (Å²) in [5, 5.41) is 3.16. The first kappa shape index (κ1) is 18.9. The van der Waals surface area contributed by atoms with Gasteiger partial charge in [0.2, 0.25) is 0 Å². The summed E-state index contributed by atoms with van der Waals surface area (Å²) in [5.74, 6) is 0.653. The van der Waals surface area contributed by atoms with Crippen molar-refractivity contribution in [1.82, 2.24) is 9.62 Å². The van der Waals surface area contributed by atoms with Crippen molar-refractivity contribution in [3.8, 4) is 0 Å². The summed E-state index contributed by atoms with van der Waals surface area (Å²) in [4.78, 5) is 1.06. The van der Waals surface area contributed by atoms with Crippen molar-refractivity contribution in [1.29, 1.82) is 0 Å². The van der Waals surface area contributed by atoms with Gasteiger partial charge in [-0.2, -0.15) is 4.31 Å². The zero-order valence-corrected chi connectivity index (χ0v) is 15.3. The van der Waals surface area contributed by atoms with Crippen LogP contribution in [-0.2, 0) is 10.0 Å². The van der Waals surface area contributed by atoms with Crippen molar-refractivity contribution in [2.45, 2.75) is 37.3 Å². The third kappa shape index (κ3) is 4.42. The Morgan fingerprint density at radius 1 is 1.33 bits per heavy atom. The van der Waals surface area contributed by atoms with Crippen LogP contribution < -0.4 is 5.32 Å². The topological polar surface area (TPSA) is 49.4 Å². The number of thiophene rings is 1. The van der Waals surface area contributed by atoms with Crippen LogP contribution in [0.5, 0.6) is 0 Å². The van der Waals surface area contributed by atoms with Gasteiger partial charge in [-0.05, 0) is 64.3 Å². The van der Waals surface area contributed by atoms with Crippen molar-refractivity contribution in [2.75, 3.05) is 26.7 Å². The molecule has 1 fully saturated rings. The molecule has 0 amide bonds. The average molecular weight is 353 g/mol. The summed E-state index contributed by atoms with van der Waals surface area (Å²) in [6.07, 6.45) is 3.09. The number of hydrogen-bond acceptors (Lipinski definition) is 4. The predicted octanol–water partition coefficient (Wildman–Crippen LogP) is 2.80. The monoisotopic (exact) mass is 352 g/mol. The first-order valence-corrected chi connectivity index (χ1v) is 9.42. The van der Waals surface area contributed by atoms with E-state index in [9.17, 15) is 8.42 Å². The van der Waals surface area contributed by atoms with E-state index in [1.807, 2.05) is 27.0 Å². The van der Waals surface area contributed by atoms with Gasteiger partial charge in [-0.15, -0.1) is 23.7 Å². The van der Waals surface area contributed by atoms with Crippen LogP contribution in [0.25, 0.3) is 0 Å². The molecule has 21 heavy (non-hydrogen) atoms. The number of nitrogens with zero attached hydrogens (tertiary/aromatic N) is 1. The van der Waals surface area contributed by atoms with Crippen LogP contribution in [0.3, 0.4) is 0 Å². The number of piperidine rings is 1. The summed E-state index contributed by atoms with van der Waals surface area (Å²) in [6.45, 7) is 6.18. The van der Waals surface area contributed by atoms with Gasteiger partial charge in [-0.25, -0.2) is 8.42 Å². The summed E-state index contributed by atoms with van der Waals surface area (Å²) in [5.41, 5.74) is 0.879. The fraction of sp³-hybridized carbons (Fsp3) is 0.714. The van der Waals surface area contributed by atoms with E-state index in [-0.39, 0.29) is 12.4 Å². The van der Waals surface area contributed by atoms with Gasteiger partial charge in [0.1, 0.15) is 4.21 Å². The van der Waals surface area contributed by atoms with Crippen molar-refractivity contribution in [2.24, 2.45) is 5.92 Å². The van der Waals surface area contributed by atoms with Gasteiger partial charge in [0.15, 0.2) is 0 Å². The first-order chi connectivity index (χ1) is 9.45. The number of nitrogens with one attached hydrogen (secondary N) is 1. The van der Waals surface area contributed by atoms with E-state index in [1.54, 1.807) is 4.31 Å². The molecule has 2 rings (SSSR count). The van der Waals surface area contributed by atoms with E-state index in [4.69, 9.17) is 0 Å². The fourth-order valence-electron chi connectivity index (χ4n) is 2.78. The Balaban J connectivity index is 0.00000220. The lowest BCUT2D eigenvalue weighted by Gasteiger charge is -2.31. The highest BCUT2D eigenvalue weighted by Gasteiger charge is 2.31. The summed E-state index contributed by atoms with van der Waals surface area (Å²) in [6, 6.07) is 1.96. The second-order valence-electron chi connectivity index (χ2n) is 5.57. The Morgan fingerprint density at radius 2 is 1.95 bits per heavy atom. The quantitative estimate of drug-likeness (QED) is 0.886. The molecule has 1 aliphatic heterocycles. The maximum Gasteiger partial charge on any atom is 0.252 e. The van der Waals surface area contributed by atoms with Gasteiger partial charge in [-0.3, -0.25) is 0 Å². The fourth-order valence-corrected chi connectivity index (χ4v) is 6.05. The zero-order chi connectivity index (χ0) is 14.8. The molecule has 0 bridgehead atoms. The number of aryl methyl sites for hydroxylation is 2. The second kappa shape index (κ2) is 7.92. The standard InChI is InChI=1S/C14H24N2O2S2.ClH/c1-11-10-12(2)19-14(11)20(17,18)16-8-5-13(6-9-16)4-7-15-3;/h10,13,15H,4-9H2,1-3H3;1H. The molecule has 1 aromatic heterocycles. The zero-order valence-electron chi connectivity index (χ0n) is 12.9. The van der Waals surface area contributed by atoms with E-state index < -0.39 is 10.0 Å². The van der Waals surface area contributed by atoms with Crippen molar-refractivity contribution in [3.63, 3.8) is 0 Å². The van der Waals surface area contributed by atoms with Gasteiger partial charge >= 0.3 is 0 Å². The maximum atomic E-state index is 12.7. The van der Waals surface area contributed by atoms with E-state index in [1.165, 1.54) is 11.3 Å². The molecule has 1 N–H and O–H groups in total. The molecule has 7 heteroatoms. The smallest absolute Gasteiger partial charge is 0.252 e. The molecule has 0 spiro atoms. The summed E-state index contributed by atoms with van der Waals surface area (Å²) in [7, 11) is -1.32. The number of hydrogen-bond donors (Lipinski definition) is 1. The van der Waals surface area contributed by atoms with Crippen LogP contribution in [0, 0.1) is 19.8 Å². The molecule has 0 aliphatic carbocycles. The maximum absolute atomic E-state index is 12.7. The van der Waals surface area contributed by atoms with E-state index >= 15 is 0 Å². The lowest BCUT2D eigenvalue weighted by Crippen LogP contribution is -2.38. The van der Waals surface area contributed by atoms with Crippen LogP contribution in [0.2, 0.25) is 0 Å². The van der Waals surface area contributed by atoms with E-state index in [2.05, 4.69) is 5.32 Å². The molecule has 0 aromatic carbocycles. The summed E-state index contributed by atoms with van der Waals surface area (Å²) < 4.78 is 27.5. The van der Waals surface area contributed by atoms with Crippen LogP contribution >= 0.6 is 23.7 Å². The van der Waals surface area contributed by atoms with Crippen LogP contribution in [-0.4, -0.2) is 39.4 Å². The minimum atomic E-state index is -3.28. The van der Waals surface area contributed by atoms with E-state index in [0.29, 0.717) is 23.2 Å². The Hall–Kier alpha value is -0.140. The minimum Gasteiger partial charge on any atom is -0.320 e. The minimum absolute atomic E-state index is 0. The number of sulfonamides is 1. The Bertz CT molecular complexity index is 549. The number of halogens is 1. The van der Waals surface area contributed by atoms with Gasteiger partial charge in [0, 0.05) is 18.0 Å². The van der Waals surface area contributed by atoms with Crippen LogP contribution in [0.1, 0.15) is 29.7 Å². The molecular formula is C14H25ClN2O2S2. The molecule has 2 heterocycles. The first-order valence-electron chi connectivity index (χ1n) is 7.17. The normalized spacial score (nSPS) is 17.7. The van der Waals surface area contributed by atoms with Gasteiger partial charge in [0.25, 0.3) is 10.0 Å². The van der Waals surface area contributed by atoms with Crippen LogP contribution in [0.15, 0.2) is 10.3 Å². The molecule has 4 nitrogen and oxygen atoms in total. The Morgan fingerprint density at radius 3 is 2.43 bits per heavy atom. The van der Waals surface area contributed by atoms with E-state index in [0.717, 1.165) is 36.2 Å². The Labute approximate surface area is 138 Å².